The minimum absolute atomic E-state index is 0.0764. The van der Waals surface area contributed by atoms with Gasteiger partial charge in [-0.2, -0.15) is 0 Å². The van der Waals surface area contributed by atoms with Gasteiger partial charge in [0.25, 0.3) is 10.0 Å². The van der Waals surface area contributed by atoms with E-state index in [0.29, 0.717) is 30.5 Å². The van der Waals surface area contributed by atoms with Crippen LogP contribution in [0.4, 0.5) is 10.5 Å². The number of fused-ring (bicyclic) bond motifs is 1. The number of nitrogens with one attached hydrogen (secondary N) is 2. The molecule has 0 spiro atoms. The van der Waals surface area contributed by atoms with Crippen molar-refractivity contribution < 1.29 is 22.7 Å². The maximum absolute atomic E-state index is 13.2. The maximum Gasteiger partial charge on any atom is 0.413 e. The molecule has 0 saturated carbocycles. The molecular formula is C31H35N3O5S2. The number of sulfonamides is 1. The Morgan fingerprint density at radius 1 is 1.00 bits per heavy atom. The SMILES string of the molecule is CC(C)(C)c1ccc(S(=O)(=O)Nc2ccc3sc(OC(=O)NCCN4CCOCC4)c(-c4ccccc4)c3c2)cc1. The third-order valence-electron chi connectivity index (χ3n) is 6.99. The first kappa shape index (κ1) is 29.1. The lowest BCUT2D eigenvalue weighted by Crippen LogP contribution is -2.41. The van der Waals surface area contributed by atoms with Gasteiger partial charge in [0.2, 0.25) is 0 Å². The van der Waals surface area contributed by atoms with Gasteiger partial charge in [0.05, 0.1) is 18.1 Å². The molecule has 1 aromatic heterocycles. The van der Waals surface area contributed by atoms with Crippen LogP contribution < -0.4 is 14.8 Å². The van der Waals surface area contributed by atoms with Gasteiger partial charge in [-0.05, 0) is 46.9 Å². The second-order valence-corrected chi connectivity index (χ2v) is 13.7. The lowest BCUT2D eigenvalue weighted by atomic mass is 9.87. The number of ether oxygens (including phenoxy) is 2. The number of benzene rings is 3. The first-order chi connectivity index (χ1) is 19.6. The molecule has 1 aliphatic rings. The Kier molecular flexibility index (Phi) is 8.65. The normalized spacial score (nSPS) is 14.6. The highest BCUT2D eigenvalue weighted by Gasteiger charge is 2.21. The summed E-state index contributed by atoms with van der Waals surface area (Å²) in [5.74, 6) is 0. The largest absolute Gasteiger partial charge is 0.413 e. The van der Waals surface area contributed by atoms with Crippen molar-refractivity contribution in [2.45, 2.75) is 31.1 Å². The van der Waals surface area contributed by atoms with Crippen molar-refractivity contribution >= 4 is 43.2 Å². The van der Waals surface area contributed by atoms with Crippen LogP contribution in [0.5, 0.6) is 5.06 Å². The number of thiophene rings is 1. The summed E-state index contributed by atoms with van der Waals surface area (Å²) in [6, 6.07) is 21.9. The number of hydrogen-bond acceptors (Lipinski definition) is 7. The lowest BCUT2D eigenvalue weighted by Gasteiger charge is -2.26. The Balaban J connectivity index is 1.38. The third kappa shape index (κ3) is 7.08. The summed E-state index contributed by atoms with van der Waals surface area (Å²) in [6.45, 7) is 10.5. The molecule has 0 atom stereocenters. The first-order valence-corrected chi connectivity index (χ1v) is 15.9. The van der Waals surface area contributed by atoms with Crippen molar-refractivity contribution in [3.05, 3.63) is 78.4 Å². The summed E-state index contributed by atoms with van der Waals surface area (Å²) in [7, 11) is -3.81. The quantitative estimate of drug-likeness (QED) is 0.257. The topological polar surface area (TPSA) is 97.0 Å². The summed E-state index contributed by atoms with van der Waals surface area (Å²) in [5.41, 5.74) is 3.01. The lowest BCUT2D eigenvalue weighted by molar-refractivity contribution is 0.0385. The third-order valence-corrected chi connectivity index (χ3v) is 9.43. The predicted molar refractivity (Wildman–Crippen MR) is 164 cm³/mol. The van der Waals surface area contributed by atoms with Gasteiger partial charge in [-0.25, -0.2) is 13.2 Å². The molecule has 1 fully saturated rings. The average molecular weight is 594 g/mol. The molecule has 10 heteroatoms. The van der Waals surface area contributed by atoms with Crippen LogP contribution >= 0.6 is 11.3 Å². The average Bonchev–Trinajstić information content (AvgIpc) is 3.30. The number of amides is 1. The molecule has 0 bridgehead atoms. The van der Waals surface area contributed by atoms with Gasteiger partial charge in [-0.3, -0.25) is 9.62 Å². The fraction of sp³-hybridized carbons (Fsp3) is 0.323. The van der Waals surface area contributed by atoms with E-state index in [9.17, 15) is 13.2 Å². The van der Waals surface area contributed by atoms with Crippen molar-refractivity contribution in [1.82, 2.24) is 10.2 Å². The van der Waals surface area contributed by atoms with E-state index in [1.54, 1.807) is 24.3 Å². The maximum atomic E-state index is 13.2. The Morgan fingerprint density at radius 2 is 1.71 bits per heavy atom. The Morgan fingerprint density at radius 3 is 2.39 bits per heavy atom. The second-order valence-electron chi connectivity index (χ2n) is 11.0. The monoisotopic (exact) mass is 593 g/mol. The highest BCUT2D eigenvalue weighted by atomic mass is 32.2. The van der Waals surface area contributed by atoms with Gasteiger partial charge >= 0.3 is 6.09 Å². The van der Waals surface area contributed by atoms with Crippen LogP contribution in [0.1, 0.15) is 26.3 Å². The van der Waals surface area contributed by atoms with Crippen molar-refractivity contribution in [2.75, 3.05) is 44.1 Å². The molecule has 2 N–H and O–H groups in total. The molecule has 5 rings (SSSR count). The number of morpholine rings is 1. The fourth-order valence-corrected chi connectivity index (χ4v) is 6.80. The van der Waals surface area contributed by atoms with E-state index in [2.05, 4.69) is 35.7 Å². The first-order valence-electron chi connectivity index (χ1n) is 13.6. The van der Waals surface area contributed by atoms with Crippen molar-refractivity contribution in [3.63, 3.8) is 0 Å². The molecular weight excluding hydrogens is 558 g/mol. The molecule has 4 aromatic rings. The number of carbonyl (C=O) groups is 1. The Hall–Kier alpha value is -3.44. The van der Waals surface area contributed by atoms with Crippen molar-refractivity contribution in [2.24, 2.45) is 0 Å². The molecule has 3 aromatic carbocycles. The van der Waals surface area contributed by atoms with Gasteiger partial charge < -0.3 is 14.8 Å². The molecule has 1 saturated heterocycles. The van der Waals surface area contributed by atoms with Crippen molar-refractivity contribution in [3.8, 4) is 16.2 Å². The Labute approximate surface area is 245 Å². The van der Waals surface area contributed by atoms with E-state index in [-0.39, 0.29) is 10.3 Å². The summed E-state index contributed by atoms with van der Waals surface area (Å²) in [5, 5.41) is 4.09. The van der Waals surface area contributed by atoms with Crippen LogP contribution in [-0.4, -0.2) is 58.8 Å². The van der Waals surface area contributed by atoms with Crippen LogP contribution in [0.2, 0.25) is 0 Å². The molecule has 8 nitrogen and oxygen atoms in total. The molecule has 0 unspecified atom stereocenters. The summed E-state index contributed by atoms with van der Waals surface area (Å²) < 4.78 is 41.2. The minimum atomic E-state index is -3.81. The number of carbonyl (C=O) groups excluding carboxylic acids is 1. The Bertz CT molecular complexity index is 1610. The summed E-state index contributed by atoms with van der Waals surface area (Å²) in [6.07, 6.45) is -0.526. The van der Waals surface area contributed by atoms with Gasteiger partial charge in [0.1, 0.15) is 0 Å². The zero-order chi connectivity index (χ0) is 29.0. The smallest absolute Gasteiger partial charge is 0.399 e. The van der Waals surface area contributed by atoms with E-state index >= 15 is 0 Å². The molecule has 216 valence electrons. The summed E-state index contributed by atoms with van der Waals surface area (Å²) in [4.78, 5) is 15.2. The van der Waals surface area contributed by atoms with Crippen LogP contribution in [0.25, 0.3) is 21.2 Å². The highest BCUT2D eigenvalue weighted by molar-refractivity contribution is 7.92. The van der Waals surface area contributed by atoms with Crippen LogP contribution in [-0.2, 0) is 20.2 Å². The van der Waals surface area contributed by atoms with Crippen LogP contribution in [0.15, 0.2) is 77.7 Å². The second kappa shape index (κ2) is 12.2. The molecule has 0 aliphatic carbocycles. The van der Waals surface area contributed by atoms with Crippen LogP contribution in [0, 0.1) is 0 Å². The zero-order valence-electron chi connectivity index (χ0n) is 23.5. The number of hydrogen-bond donors (Lipinski definition) is 2. The van der Waals surface area contributed by atoms with E-state index in [0.717, 1.165) is 46.4 Å². The standard InChI is InChI=1S/C31H35N3O5S2/c1-31(2,3)23-9-12-25(13-10-23)41(36,37)33-24-11-14-27-26(21-24)28(22-7-5-4-6-8-22)29(40-27)39-30(35)32-15-16-34-17-19-38-20-18-34/h4-14,21,33H,15-20H2,1-3H3,(H,32,35). The minimum Gasteiger partial charge on any atom is -0.399 e. The van der Waals surface area contributed by atoms with E-state index in [1.807, 2.05) is 48.5 Å². The molecule has 1 aliphatic heterocycles. The van der Waals surface area contributed by atoms with Gasteiger partial charge in [-0.15, -0.1) is 0 Å². The number of rotatable bonds is 8. The van der Waals surface area contributed by atoms with E-state index in [1.165, 1.54) is 11.3 Å². The van der Waals surface area contributed by atoms with E-state index in [4.69, 9.17) is 9.47 Å². The number of anilines is 1. The molecule has 2 heterocycles. The highest BCUT2D eigenvalue weighted by Crippen LogP contribution is 2.45. The van der Waals surface area contributed by atoms with E-state index < -0.39 is 16.1 Å². The fourth-order valence-electron chi connectivity index (χ4n) is 4.70. The van der Waals surface area contributed by atoms with Crippen LogP contribution in [0.3, 0.4) is 0 Å². The molecule has 0 radical (unpaired) electrons. The molecule has 1 amide bonds. The van der Waals surface area contributed by atoms with Gasteiger partial charge in [-0.1, -0.05) is 74.6 Å². The predicted octanol–water partition coefficient (Wildman–Crippen LogP) is 6.09. The zero-order valence-corrected chi connectivity index (χ0v) is 25.1. The van der Waals surface area contributed by atoms with Crippen molar-refractivity contribution in [1.29, 1.82) is 0 Å². The van der Waals surface area contributed by atoms with Gasteiger partial charge in [0.15, 0.2) is 5.06 Å². The number of nitrogens with zero attached hydrogens (tertiary/aromatic N) is 1. The van der Waals surface area contributed by atoms with Gasteiger partial charge in [0, 0.05) is 47.5 Å². The molecule has 41 heavy (non-hydrogen) atoms. The summed E-state index contributed by atoms with van der Waals surface area (Å²) >= 11 is 1.35.